The van der Waals surface area contributed by atoms with Crippen molar-refractivity contribution in [3.63, 3.8) is 0 Å². The molecule has 5 nitrogen and oxygen atoms in total. The first-order valence-corrected chi connectivity index (χ1v) is 6.93. The number of rotatable bonds is 3. The lowest BCUT2D eigenvalue weighted by Crippen LogP contribution is -2.36. The van der Waals surface area contributed by atoms with Crippen molar-refractivity contribution in [1.29, 1.82) is 0 Å². The second-order valence-electron chi connectivity index (χ2n) is 5.52. The Hall–Kier alpha value is -2.14. The number of nitrogens with zero attached hydrogens (tertiary/aromatic N) is 1. The third-order valence-corrected chi connectivity index (χ3v) is 3.69. The summed E-state index contributed by atoms with van der Waals surface area (Å²) in [6.07, 6.45) is 0. The molecule has 0 saturated carbocycles. The van der Waals surface area contributed by atoms with E-state index in [1.54, 1.807) is 26.2 Å². The van der Waals surface area contributed by atoms with Crippen LogP contribution in [-0.2, 0) is 4.79 Å². The highest BCUT2D eigenvalue weighted by atomic mass is 16.2. The summed E-state index contributed by atoms with van der Waals surface area (Å²) in [5.74, 6) is -0.187. The average molecular weight is 287 g/mol. The van der Waals surface area contributed by atoms with Crippen molar-refractivity contribution in [2.24, 2.45) is 0 Å². The molecule has 2 N–H and O–H groups in total. The molecule has 0 bridgehead atoms. The molecule has 1 heterocycles. The number of anilines is 1. The average Bonchev–Trinajstić information content (AvgIpc) is 2.38. The molecule has 21 heavy (non-hydrogen) atoms. The lowest BCUT2D eigenvalue weighted by Gasteiger charge is -2.21. The molecule has 1 saturated heterocycles. The van der Waals surface area contributed by atoms with Crippen molar-refractivity contribution in [2.45, 2.75) is 13.8 Å². The molecule has 0 aromatic heterocycles. The van der Waals surface area contributed by atoms with E-state index in [2.05, 4.69) is 10.6 Å². The smallest absolute Gasteiger partial charge is 0.253 e. The van der Waals surface area contributed by atoms with Gasteiger partial charge >= 0.3 is 0 Å². The Labute approximate surface area is 125 Å². The summed E-state index contributed by atoms with van der Waals surface area (Å²) in [5, 5.41) is 6.02. The lowest BCUT2D eigenvalue weighted by molar-refractivity contribution is -0.112. The maximum Gasteiger partial charge on any atom is 0.253 e. The monoisotopic (exact) mass is 287 g/mol. The molecule has 0 aliphatic carbocycles. The van der Waals surface area contributed by atoms with Gasteiger partial charge in [-0.05, 0) is 37.1 Å². The van der Waals surface area contributed by atoms with Crippen LogP contribution in [-0.4, -0.2) is 43.9 Å². The first kappa shape index (κ1) is 15.3. The van der Waals surface area contributed by atoms with Crippen molar-refractivity contribution in [3.8, 4) is 0 Å². The van der Waals surface area contributed by atoms with Crippen molar-refractivity contribution in [3.05, 3.63) is 40.5 Å². The van der Waals surface area contributed by atoms with Crippen LogP contribution in [0.5, 0.6) is 0 Å². The normalized spacial score (nSPS) is 13.4. The van der Waals surface area contributed by atoms with Gasteiger partial charge in [0.1, 0.15) is 0 Å². The number of nitrogens with one attached hydrogen (secondary N) is 2. The molecule has 0 atom stereocenters. The quantitative estimate of drug-likeness (QED) is 0.829. The van der Waals surface area contributed by atoms with Gasteiger partial charge in [-0.25, -0.2) is 0 Å². The van der Waals surface area contributed by atoms with E-state index >= 15 is 0 Å². The molecule has 5 heteroatoms. The number of carbonyl (C=O) groups is 2. The Morgan fingerprint density at radius 3 is 2.43 bits per heavy atom. The van der Waals surface area contributed by atoms with Crippen LogP contribution in [0.4, 0.5) is 5.69 Å². The van der Waals surface area contributed by atoms with Gasteiger partial charge in [-0.2, -0.15) is 0 Å². The largest absolute Gasteiger partial charge is 0.345 e. The SMILES string of the molecule is CC(C(=O)Nc1cc(C(=O)N(C)C)ccc1C)=C1CNC1. The van der Waals surface area contributed by atoms with Gasteiger partial charge in [-0.1, -0.05) is 6.07 Å². The minimum atomic E-state index is -0.107. The Bertz CT molecular complexity index is 612. The Morgan fingerprint density at radius 1 is 1.24 bits per heavy atom. The first-order chi connectivity index (χ1) is 9.90. The Morgan fingerprint density at radius 2 is 1.90 bits per heavy atom. The van der Waals surface area contributed by atoms with Crippen LogP contribution >= 0.6 is 0 Å². The second-order valence-corrected chi connectivity index (χ2v) is 5.52. The maximum atomic E-state index is 12.2. The van der Waals surface area contributed by atoms with Crippen molar-refractivity contribution < 1.29 is 9.59 Å². The van der Waals surface area contributed by atoms with Crippen LogP contribution in [0.25, 0.3) is 0 Å². The summed E-state index contributed by atoms with van der Waals surface area (Å²) in [5.41, 5.74) is 4.06. The molecule has 0 radical (unpaired) electrons. The Kier molecular flexibility index (Phi) is 4.43. The number of aryl methyl sites for hydroxylation is 1. The summed E-state index contributed by atoms with van der Waals surface area (Å²) >= 11 is 0. The van der Waals surface area contributed by atoms with Crippen molar-refractivity contribution in [2.75, 3.05) is 32.5 Å². The minimum absolute atomic E-state index is 0.0798. The maximum absolute atomic E-state index is 12.2. The number of amides is 2. The van der Waals surface area contributed by atoms with Crippen LogP contribution in [0.3, 0.4) is 0 Å². The zero-order valence-electron chi connectivity index (χ0n) is 12.9. The highest BCUT2D eigenvalue weighted by molar-refractivity contribution is 6.05. The van der Waals surface area contributed by atoms with E-state index in [1.807, 2.05) is 19.9 Å². The van der Waals surface area contributed by atoms with E-state index in [0.29, 0.717) is 11.3 Å². The van der Waals surface area contributed by atoms with E-state index in [1.165, 1.54) is 4.90 Å². The molecule has 1 aliphatic heterocycles. The molecule has 1 fully saturated rings. The third-order valence-electron chi connectivity index (χ3n) is 3.69. The van der Waals surface area contributed by atoms with E-state index in [0.717, 1.165) is 29.8 Å². The minimum Gasteiger partial charge on any atom is -0.345 e. The van der Waals surface area contributed by atoms with Crippen LogP contribution in [0.1, 0.15) is 22.8 Å². The molecular weight excluding hydrogens is 266 g/mol. The zero-order chi connectivity index (χ0) is 15.6. The summed E-state index contributed by atoms with van der Waals surface area (Å²) in [6.45, 7) is 5.29. The first-order valence-electron chi connectivity index (χ1n) is 6.93. The van der Waals surface area contributed by atoms with Crippen LogP contribution in [0.15, 0.2) is 29.3 Å². The predicted molar refractivity (Wildman–Crippen MR) is 83.4 cm³/mol. The number of benzene rings is 1. The van der Waals surface area contributed by atoms with Gasteiger partial charge in [0, 0.05) is 44.0 Å². The highest BCUT2D eigenvalue weighted by Crippen LogP contribution is 2.19. The van der Waals surface area contributed by atoms with Gasteiger partial charge in [0.05, 0.1) is 0 Å². The molecule has 1 aromatic carbocycles. The number of hydrogen-bond donors (Lipinski definition) is 2. The van der Waals surface area contributed by atoms with Crippen LogP contribution in [0, 0.1) is 6.92 Å². The van der Waals surface area contributed by atoms with Gasteiger partial charge in [-0.15, -0.1) is 0 Å². The van der Waals surface area contributed by atoms with Gasteiger partial charge < -0.3 is 15.5 Å². The molecule has 1 aliphatic rings. The number of hydrogen-bond acceptors (Lipinski definition) is 3. The molecule has 1 aromatic rings. The van der Waals surface area contributed by atoms with Gasteiger partial charge in [-0.3, -0.25) is 9.59 Å². The van der Waals surface area contributed by atoms with Gasteiger partial charge in [0.15, 0.2) is 0 Å². The highest BCUT2D eigenvalue weighted by Gasteiger charge is 2.17. The summed E-state index contributed by atoms with van der Waals surface area (Å²) in [6, 6.07) is 5.35. The molecule has 0 unspecified atom stereocenters. The van der Waals surface area contributed by atoms with E-state index in [4.69, 9.17) is 0 Å². The lowest BCUT2D eigenvalue weighted by atomic mass is 10.0. The molecule has 2 rings (SSSR count). The number of carbonyl (C=O) groups excluding carboxylic acids is 2. The van der Waals surface area contributed by atoms with Crippen molar-refractivity contribution >= 4 is 17.5 Å². The molecule has 2 amide bonds. The second kappa shape index (κ2) is 6.10. The standard InChI is InChI=1S/C16H21N3O2/c1-10-5-6-12(16(21)19(3)4)7-14(10)18-15(20)11(2)13-8-17-9-13/h5-7,17H,8-9H2,1-4H3,(H,18,20). The van der Waals surface area contributed by atoms with Gasteiger partial charge in [0.25, 0.3) is 11.8 Å². The van der Waals surface area contributed by atoms with Crippen LogP contribution in [0.2, 0.25) is 0 Å². The fraction of sp³-hybridized carbons (Fsp3) is 0.375. The predicted octanol–water partition coefficient (Wildman–Crippen LogP) is 1.56. The summed E-state index contributed by atoms with van der Waals surface area (Å²) < 4.78 is 0. The third kappa shape index (κ3) is 3.31. The molecular formula is C16H21N3O2. The topological polar surface area (TPSA) is 61.4 Å². The van der Waals surface area contributed by atoms with Gasteiger partial charge in [0.2, 0.25) is 0 Å². The molecule has 112 valence electrons. The van der Waals surface area contributed by atoms with E-state index < -0.39 is 0 Å². The Balaban J connectivity index is 2.21. The summed E-state index contributed by atoms with van der Waals surface area (Å²) in [4.78, 5) is 25.7. The fourth-order valence-electron chi connectivity index (χ4n) is 2.04. The van der Waals surface area contributed by atoms with Crippen molar-refractivity contribution in [1.82, 2.24) is 10.2 Å². The van der Waals surface area contributed by atoms with Crippen LogP contribution < -0.4 is 10.6 Å². The summed E-state index contributed by atoms with van der Waals surface area (Å²) in [7, 11) is 3.41. The fourth-order valence-corrected chi connectivity index (χ4v) is 2.04. The van der Waals surface area contributed by atoms with E-state index in [-0.39, 0.29) is 11.8 Å². The molecule has 0 spiro atoms. The van der Waals surface area contributed by atoms with E-state index in [9.17, 15) is 9.59 Å². The zero-order valence-corrected chi connectivity index (χ0v) is 12.9.